The van der Waals surface area contributed by atoms with Crippen molar-refractivity contribution in [3.8, 4) is 0 Å². The lowest BCUT2D eigenvalue weighted by Gasteiger charge is -2.07. The third-order valence-electron chi connectivity index (χ3n) is 1.58. The molecule has 0 atom stereocenters. The largest absolute Gasteiger partial charge is 0.424 e. The van der Waals surface area contributed by atoms with Gasteiger partial charge in [0, 0.05) is 6.61 Å². The summed E-state index contributed by atoms with van der Waals surface area (Å²) in [7, 11) is -0.0485. The van der Waals surface area contributed by atoms with Gasteiger partial charge in [0.1, 0.15) is 0 Å². The van der Waals surface area contributed by atoms with Crippen LogP contribution in [0.2, 0.25) is 6.04 Å². The van der Waals surface area contributed by atoms with E-state index in [-0.39, 0.29) is 39.5 Å². The van der Waals surface area contributed by atoms with E-state index in [1.54, 1.807) is 0 Å². The van der Waals surface area contributed by atoms with Crippen LogP contribution in [-0.2, 0) is 4.43 Å². The molecule has 1 saturated heterocycles. The normalized spacial score (nSPS) is 18.0. The molecule has 0 aromatic carbocycles. The summed E-state index contributed by atoms with van der Waals surface area (Å²) >= 11 is 0. The molecule has 0 unspecified atom stereocenters. The fourth-order valence-corrected chi connectivity index (χ4v) is 2.21. The van der Waals surface area contributed by atoms with E-state index in [4.69, 9.17) is 4.43 Å². The number of rotatable bonds is 0. The highest BCUT2D eigenvalue weighted by Crippen LogP contribution is 2.06. The summed E-state index contributed by atoms with van der Waals surface area (Å²) in [5.41, 5.74) is 0. The van der Waals surface area contributed by atoms with Crippen molar-refractivity contribution in [2.75, 3.05) is 6.61 Å². The lowest BCUT2D eigenvalue weighted by Crippen LogP contribution is -2.03. The summed E-state index contributed by atoms with van der Waals surface area (Å²) in [6.45, 7) is 1.06. The van der Waals surface area contributed by atoms with E-state index in [1.165, 1.54) is 31.7 Å². The summed E-state index contributed by atoms with van der Waals surface area (Å²) in [5, 5.41) is 0. The van der Waals surface area contributed by atoms with E-state index in [1.807, 2.05) is 0 Å². The van der Waals surface area contributed by atoms with Gasteiger partial charge in [0.25, 0.3) is 0 Å². The molecule has 0 aliphatic carbocycles. The standard InChI is InChI=1S/C6H14OSi.4CH4/c1-2-4-6-8-7-5-3-1;;;;/h1-6,8H2;4*1H4. The zero-order chi connectivity index (χ0) is 5.66. The van der Waals surface area contributed by atoms with Crippen LogP contribution < -0.4 is 0 Å². The van der Waals surface area contributed by atoms with E-state index in [0.717, 1.165) is 6.61 Å². The quantitative estimate of drug-likeness (QED) is 0.535. The monoisotopic (exact) mass is 194 g/mol. The molecule has 0 amide bonds. The second-order valence-corrected chi connectivity index (χ2v) is 3.90. The molecule has 2 heteroatoms. The molecular formula is C10H30OSi. The second-order valence-electron chi connectivity index (χ2n) is 2.38. The summed E-state index contributed by atoms with van der Waals surface area (Å²) in [6, 6.07) is 1.42. The maximum Gasteiger partial charge on any atom is 0.161 e. The molecular weight excluding hydrogens is 164 g/mol. The van der Waals surface area contributed by atoms with E-state index in [0.29, 0.717) is 0 Å². The van der Waals surface area contributed by atoms with Gasteiger partial charge in [-0.15, -0.1) is 0 Å². The van der Waals surface area contributed by atoms with E-state index >= 15 is 0 Å². The smallest absolute Gasteiger partial charge is 0.161 e. The van der Waals surface area contributed by atoms with Crippen LogP contribution in [0.4, 0.5) is 0 Å². The van der Waals surface area contributed by atoms with Crippen molar-refractivity contribution in [3.63, 3.8) is 0 Å². The van der Waals surface area contributed by atoms with Gasteiger partial charge >= 0.3 is 0 Å². The Kier molecular flexibility index (Phi) is 32.8. The Balaban J connectivity index is -0.0000000800. The van der Waals surface area contributed by atoms with Crippen LogP contribution in [0.3, 0.4) is 0 Å². The first-order chi connectivity index (χ1) is 4.00. The maximum atomic E-state index is 5.41. The van der Waals surface area contributed by atoms with Crippen LogP contribution in [0.25, 0.3) is 0 Å². The van der Waals surface area contributed by atoms with Crippen molar-refractivity contribution in [2.45, 2.75) is 61.4 Å². The lowest BCUT2D eigenvalue weighted by molar-refractivity contribution is 0.311. The van der Waals surface area contributed by atoms with Gasteiger partial charge in [-0.3, -0.25) is 0 Å². The van der Waals surface area contributed by atoms with Crippen LogP contribution >= 0.6 is 0 Å². The van der Waals surface area contributed by atoms with Gasteiger partial charge in [-0.2, -0.15) is 0 Å². The van der Waals surface area contributed by atoms with Crippen LogP contribution in [0.15, 0.2) is 0 Å². The van der Waals surface area contributed by atoms with E-state index in [2.05, 4.69) is 0 Å². The topological polar surface area (TPSA) is 9.23 Å². The molecule has 1 aliphatic heterocycles. The SMILES string of the molecule is C.C.C.C.C1CCC[SiH2]OCC1. The first-order valence-electron chi connectivity index (χ1n) is 3.58. The van der Waals surface area contributed by atoms with Crippen LogP contribution in [0.1, 0.15) is 55.4 Å². The maximum absolute atomic E-state index is 5.41. The van der Waals surface area contributed by atoms with Gasteiger partial charge in [0.2, 0.25) is 0 Å². The Bertz CT molecular complexity index is 33.8. The van der Waals surface area contributed by atoms with Crippen LogP contribution in [0.5, 0.6) is 0 Å². The molecule has 0 radical (unpaired) electrons. The van der Waals surface area contributed by atoms with E-state index in [9.17, 15) is 0 Å². The molecule has 0 aromatic rings. The zero-order valence-electron chi connectivity index (χ0n) is 5.36. The van der Waals surface area contributed by atoms with Gasteiger partial charge in [0.05, 0.1) is 0 Å². The minimum atomic E-state index is -0.0485. The molecule has 0 N–H and O–H groups in total. The third kappa shape index (κ3) is 12.8. The molecule has 1 aliphatic rings. The first kappa shape index (κ1) is 22.8. The molecule has 0 bridgehead atoms. The van der Waals surface area contributed by atoms with Crippen molar-refractivity contribution in [1.82, 2.24) is 0 Å². The summed E-state index contributed by atoms with van der Waals surface area (Å²) in [6.07, 6.45) is 5.60. The average Bonchev–Trinajstić information content (AvgIpc) is 1.62. The van der Waals surface area contributed by atoms with Gasteiger partial charge in [-0.25, -0.2) is 0 Å². The Labute approximate surface area is 82.9 Å². The zero-order valence-corrected chi connectivity index (χ0v) is 6.77. The van der Waals surface area contributed by atoms with E-state index < -0.39 is 0 Å². The molecule has 0 saturated carbocycles. The Hall–Kier alpha value is 0.177. The number of hydrogen-bond acceptors (Lipinski definition) is 1. The Morgan fingerprint density at radius 1 is 0.750 bits per heavy atom. The Morgan fingerprint density at radius 3 is 2.00 bits per heavy atom. The minimum Gasteiger partial charge on any atom is -0.424 e. The van der Waals surface area contributed by atoms with Crippen molar-refractivity contribution in [1.29, 1.82) is 0 Å². The van der Waals surface area contributed by atoms with Crippen molar-refractivity contribution >= 4 is 9.76 Å². The third-order valence-corrected chi connectivity index (χ3v) is 2.94. The van der Waals surface area contributed by atoms with Crippen LogP contribution in [-0.4, -0.2) is 16.4 Å². The highest BCUT2D eigenvalue weighted by atomic mass is 28.2. The predicted molar refractivity (Wildman–Crippen MR) is 64.7 cm³/mol. The molecule has 80 valence electrons. The molecule has 1 rings (SSSR count). The lowest BCUT2D eigenvalue weighted by atomic mass is 10.2. The minimum absolute atomic E-state index is 0. The van der Waals surface area contributed by atoms with Crippen molar-refractivity contribution < 1.29 is 4.43 Å². The van der Waals surface area contributed by atoms with Crippen LogP contribution in [0, 0.1) is 0 Å². The molecule has 1 heterocycles. The summed E-state index contributed by atoms with van der Waals surface area (Å²) in [5.74, 6) is 0. The highest BCUT2D eigenvalue weighted by Gasteiger charge is 1.96. The average molecular weight is 194 g/mol. The molecule has 0 aromatic heterocycles. The molecule has 0 spiro atoms. The highest BCUT2D eigenvalue weighted by molar-refractivity contribution is 6.26. The fourth-order valence-electron chi connectivity index (χ4n) is 1.04. The Morgan fingerprint density at radius 2 is 1.33 bits per heavy atom. The summed E-state index contributed by atoms with van der Waals surface area (Å²) < 4.78 is 5.41. The molecule has 1 fully saturated rings. The first-order valence-corrected chi connectivity index (χ1v) is 5.15. The van der Waals surface area contributed by atoms with Gasteiger partial charge in [0.15, 0.2) is 9.76 Å². The van der Waals surface area contributed by atoms with Crippen molar-refractivity contribution in [2.24, 2.45) is 0 Å². The fraction of sp³-hybridized carbons (Fsp3) is 1.00. The predicted octanol–water partition coefficient (Wildman–Crippen LogP) is 3.62. The van der Waals surface area contributed by atoms with Crippen molar-refractivity contribution in [3.05, 3.63) is 0 Å². The van der Waals surface area contributed by atoms with Gasteiger partial charge < -0.3 is 4.43 Å². The van der Waals surface area contributed by atoms with Gasteiger partial charge in [-0.1, -0.05) is 49.0 Å². The molecule has 1 nitrogen and oxygen atoms in total. The molecule has 12 heavy (non-hydrogen) atoms. The van der Waals surface area contributed by atoms with Gasteiger partial charge in [-0.05, 0) is 12.5 Å². The number of hydrogen-bond donors (Lipinski definition) is 0. The second kappa shape index (κ2) is 17.3. The summed E-state index contributed by atoms with van der Waals surface area (Å²) in [4.78, 5) is 0.